The van der Waals surface area contributed by atoms with Crippen molar-refractivity contribution in [3.05, 3.63) is 48.5 Å². The standard InChI is InChI=1S/C24H27N3O4S/c1-3-14-31-20-10-4-16(5-11-20)25-22(28)15-21-23(29)27(24(32)26(21)17-6-7-17)18-8-12-19(30-2)13-9-18/h4-5,8-13,17,21H,3,6-7,14-15H2,1-2H3,(H,25,28)/t21-/m0/s1. The Balaban J connectivity index is 1.46. The summed E-state index contributed by atoms with van der Waals surface area (Å²) in [6.07, 6.45) is 2.92. The number of methoxy groups -OCH3 is 1. The molecule has 0 aromatic heterocycles. The Morgan fingerprint density at radius 2 is 1.75 bits per heavy atom. The number of amides is 2. The van der Waals surface area contributed by atoms with E-state index < -0.39 is 6.04 Å². The van der Waals surface area contributed by atoms with E-state index in [0.29, 0.717) is 28.8 Å². The average molecular weight is 454 g/mol. The van der Waals surface area contributed by atoms with Crippen molar-refractivity contribution in [3.63, 3.8) is 0 Å². The van der Waals surface area contributed by atoms with Crippen molar-refractivity contribution in [1.29, 1.82) is 0 Å². The van der Waals surface area contributed by atoms with Gasteiger partial charge in [-0.2, -0.15) is 0 Å². The Morgan fingerprint density at radius 3 is 2.34 bits per heavy atom. The third kappa shape index (κ3) is 4.70. The first-order chi connectivity index (χ1) is 15.5. The van der Waals surface area contributed by atoms with E-state index in [9.17, 15) is 9.59 Å². The number of nitrogens with zero attached hydrogens (tertiary/aromatic N) is 2. The summed E-state index contributed by atoms with van der Waals surface area (Å²) in [6, 6.07) is 14.0. The van der Waals surface area contributed by atoms with Crippen LogP contribution in [-0.4, -0.2) is 47.6 Å². The molecule has 1 N–H and O–H groups in total. The van der Waals surface area contributed by atoms with Crippen LogP contribution >= 0.6 is 12.2 Å². The second-order valence-electron chi connectivity index (χ2n) is 7.93. The van der Waals surface area contributed by atoms with Crippen LogP contribution in [0.1, 0.15) is 32.6 Å². The van der Waals surface area contributed by atoms with E-state index in [4.69, 9.17) is 21.7 Å². The lowest BCUT2D eigenvalue weighted by molar-refractivity contribution is -0.124. The summed E-state index contributed by atoms with van der Waals surface area (Å²) in [6.45, 7) is 2.70. The van der Waals surface area contributed by atoms with Gasteiger partial charge in [0.05, 0.1) is 25.8 Å². The van der Waals surface area contributed by atoms with Gasteiger partial charge in [-0.1, -0.05) is 6.92 Å². The van der Waals surface area contributed by atoms with Crippen LogP contribution in [0.2, 0.25) is 0 Å². The number of carbonyl (C=O) groups excluding carboxylic acids is 2. The summed E-state index contributed by atoms with van der Waals surface area (Å²) in [4.78, 5) is 29.6. The molecule has 2 aromatic carbocycles. The summed E-state index contributed by atoms with van der Waals surface area (Å²) >= 11 is 5.66. The number of nitrogens with one attached hydrogen (secondary N) is 1. The molecule has 2 amide bonds. The van der Waals surface area contributed by atoms with E-state index in [2.05, 4.69) is 5.32 Å². The summed E-state index contributed by atoms with van der Waals surface area (Å²) in [7, 11) is 1.59. The molecule has 8 heteroatoms. The molecule has 32 heavy (non-hydrogen) atoms. The molecular formula is C24H27N3O4S. The monoisotopic (exact) mass is 453 g/mol. The molecule has 0 spiro atoms. The van der Waals surface area contributed by atoms with Gasteiger partial charge in [0.15, 0.2) is 5.11 Å². The molecule has 168 valence electrons. The second kappa shape index (κ2) is 9.56. The predicted octanol–water partition coefficient (Wildman–Crippen LogP) is 3.98. The van der Waals surface area contributed by atoms with Crippen LogP contribution in [0, 0.1) is 0 Å². The fourth-order valence-electron chi connectivity index (χ4n) is 3.77. The number of carbonyl (C=O) groups is 2. The zero-order valence-electron chi connectivity index (χ0n) is 18.2. The highest BCUT2D eigenvalue weighted by molar-refractivity contribution is 7.80. The highest BCUT2D eigenvalue weighted by Crippen LogP contribution is 2.37. The van der Waals surface area contributed by atoms with Gasteiger partial charge < -0.3 is 19.7 Å². The molecular weight excluding hydrogens is 426 g/mol. The molecule has 1 aliphatic carbocycles. The van der Waals surface area contributed by atoms with Gasteiger partial charge in [0.1, 0.15) is 17.5 Å². The molecule has 0 unspecified atom stereocenters. The maximum Gasteiger partial charge on any atom is 0.256 e. The molecule has 1 saturated carbocycles. The number of hydrogen-bond donors (Lipinski definition) is 1. The number of anilines is 2. The first kappa shape index (κ1) is 22.1. The molecule has 2 aromatic rings. The SMILES string of the molecule is CCCOc1ccc(NC(=O)C[C@H]2C(=O)N(c3ccc(OC)cc3)C(=S)N2C2CC2)cc1. The minimum atomic E-state index is -0.607. The van der Waals surface area contributed by atoms with Crippen molar-refractivity contribution in [3.8, 4) is 11.5 Å². The normalized spacial score (nSPS) is 18.1. The van der Waals surface area contributed by atoms with Gasteiger partial charge in [0.2, 0.25) is 5.91 Å². The largest absolute Gasteiger partial charge is 0.497 e. The van der Waals surface area contributed by atoms with Crippen LogP contribution in [0.25, 0.3) is 0 Å². The Labute approximate surface area is 193 Å². The van der Waals surface area contributed by atoms with Crippen LogP contribution in [0.4, 0.5) is 11.4 Å². The average Bonchev–Trinajstić information content (AvgIpc) is 3.60. The Bertz CT molecular complexity index is 989. The fourth-order valence-corrected chi connectivity index (χ4v) is 4.24. The minimum Gasteiger partial charge on any atom is -0.497 e. The molecule has 7 nitrogen and oxygen atoms in total. The van der Waals surface area contributed by atoms with Gasteiger partial charge in [0.25, 0.3) is 5.91 Å². The van der Waals surface area contributed by atoms with Gasteiger partial charge in [-0.15, -0.1) is 0 Å². The van der Waals surface area contributed by atoms with Crippen molar-refractivity contribution in [2.24, 2.45) is 0 Å². The fraction of sp³-hybridized carbons (Fsp3) is 0.375. The van der Waals surface area contributed by atoms with Gasteiger partial charge in [-0.05, 0) is 80.0 Å². The smallest absolute Gasteiger partial charge is 0.256 e. The van der Waals surface area contributed by atoms with Gasteiger partial charge >= 0.3 is 0 Å². The zero-order chi connectivity index (χ0) is 22.7. The number of rotatable bonds is 9. The predicted molar refractivity (Wildman–Crippen MR) is 127 cm³/mol. The summed E-state index contributed by atoms with van der Waals surface area (Å²) in [5.74, 6) is 1.06. The first-order valence-corrected chi connectivity index (χ1v) is 11.3. The van der Waals surface area contributed by atoms with Crippen LogP contribution in [0.5, 0.6) is 11.5 Å². The number of thiocarbonyl (C=S) groups is 1. The van der Waals surface area contributed by atoms with E-state index >= 15 is 0 Å². The molecule has 1 atom stereocenters. The van der Waals surface area contributed by atoms with E-state index in [-0.39, 0.29) is 24.3 Å². The minimum absolute atomic E-state index is 0.0379. The molecule has 2 fully saturated rings. The molecule has 1 saturated heterocycles. The molecule has 1 heterocycles. The Morgan fingerprint density at radius 1 is 1.09 bits per heavy atom. The lowest BCUT2D eigenvalue weighted by Gasteiger charge is -2.23. The molecule has 2 aliphatic rings. The third-order valence-corrected chi connectivity index (χ3v) is 5.91. The van der Waals surface area contributed by atoms with Gasteiger partial charge in [0, 0.05) is 11.7 Å². The molecule has 0 radical (unpaired) electrons. The van der Waals surface area contributed by atoms with E-state index in [1.165, 1.54) is 4.90 Å². The van der Waals surface area contributed by atoms with Crippen molar-refractivity contribution < 1.29 is 19.1 Å². The summed E-state index contributed by atoms with van der Waals surface area (Å²) in [5.41, 5.74) is 1.34. The molecule has 4 rings (SSSR count). The highest BCUT2D eigenvalue weighted by atomic mass is 32.1. The van der Waals surface area contributed by atoms with Crippen LogP contribution in [0.3, 0.4) is 0 Å². The summed E-state index contributed by atoms with van der Waals surface area (Å²) < 4.78 is 10.8. The number of ether oxygens (including phenoxy) is 2. The summed E-state index contributed by atoms with van der Waals surface area (Å²) in [5, 5.41) is 3.34. The second-order valence-corrected chi connectivity index (χ2v) is 8.30. The van der Waals surface area contributed by atoms with Crippen molar-refractivity contribution in [1.82, 2.24) is 4.90 Å². The van der Waals surface area contributed by atoms with Crippen molar-refractivity contribution in [2.45, 2.75) is 44.7 Å². The van der Waals surface area contributed by atoms with E-state index in [0.717, 1.165) is 25.0 Å². The lowest BCUT2D eigenvalue weighted by Crippen LogP contribution is -2.39. The van der Waals surface area contributed by atoms with Crippen LogP contribution in [0.15, 0.2) is 48.5 Å². The van der Waals surface area contributed by atoms with Gasteiger partial charge in [-0.25, -0.2) is 0 Å². The van der Waals surface area contributed by atoms with Crippen molar-refractivity contribution in [2.75, 3.05) is 23.9 Å². The maximum atomic E-state index is 13.3. The van der Waals surface area contributed by atoms with Crippen LogP contribution in [-0.2, 0) is 9.59 Å². The quantitative estimate of drug-likeness (QED) is 0.579. The van der Waals surface area contributed by atoms with E-state index in [1.54, 1.807) is 43.5 Å². The maximum absolute atomic E-state index is 13.3. The topological polar surface area (TPSA) is 71.1 Å². The number of benzene rings is 2. The van der Waals surface area contributed by atoms with E-state index in [1.807, 2.05) is 24.0 Å². The highest BCUT2D eigenvalue weighted by Gasteiger charge is 2.49. The lowest BCUT2D eigenvalue weighted by atomic mass is 10.1. The Hall–Kier alpha value is -3.13. The van der Waals surface area contributed by atoms with Gasteiger partial charge in [-0.3, -0.25) is 14.5 Å². The number of hydrogen-bond acceptors (Lipinski definition) is 5. The molecule has 1 aliphatic heterocycles. The van der Waals surface area contributed by atoms with Crippen LogP contribution < -0.4 is 19.7 Å². The first-order valence-electron chi connectivity index (χ1n) is 10.8. The molecule has 0 bridgehead atoms. The zero-order valence-corrected chi connectivity index (χ0v) is 19.1. The Kier molecular flexibility index (Phi) is 6.60. The third-order valence-electron chi connectivity index (χ3n) is 5.51. The van der Waals surface area contributed by atoms with Crippen molar-refractivity contribution >= 4 is 40.5 Å².